The third-order valence-corrected chi connectivity index (χ3v) is 4.91. The SMILES string of the molecule is O=C(O)Cc1ccc(-n2cc3c(OC(F)F)c4ccccc4c(OC(F)F)c3c2O)c(F)c1. The smallest absolute Gasteiger partial charge is 0.387 e. The molecular formula is C22H14F5NO5. The Bertz CT molecular complexity index is 1370. The number of carboxylic acid groups (broad SMARTS) is 1. The number of aliphatic carboxylic acids is 1. The highest BCUT2D eigenvalue weighted by molar-refractivity contribution is 6.13. The summed E-state index contributed by atoms with van der Waals surface area (Å²) in [5.41, 5.74) is -0.151. The average Bonchev–Trinajstić information content (AvgIpc) is 3.06. The summed E-state index contributed by atoms with van der Waals surface area (Å²) in [5, 5.41) is 19.0. The molecule has 0 aliphatic carbocycles. The summed E-state index contributed by atoms with van der Waals surface area (Å²) in [7, 11) is 0. The van der Waals surface area contributed by atoms with Gasteiger partial charge in [0.15, 0.2) is 0 Å². The lowest BCUT2D eigenvalue weighted by Crippen LogP contribution is -2.06. The fraction of sp³-hybridized carbons (Fsp3) is 0.136. The van der Waals surface area contributed by atoms with Gasteiger partial charge in [0.2, 0.25) is 5.88 Å². The lowest BCUT2D eigenvalue weighted by atomic mass is 10.0. The van der Waals surface area contributed by atoms with Crippen molar-refractivity contribution in [1.29, 1.82) is 0 Å². The van der Waals surface area contributed by atoms with Crippen molar-refractivity contribution in [3.8, 4) is 23.1 Å². The number of aromatic nitrogens is 1. The quantitative estimate of drug-likeness (QED) is 0.353. The lowest BCUT2D eigenvalue weighted by Gasteiger charge is -2.15. The summed E-state index contributed by atoms with van der Waals surface area (Å²) in [4.78, 5) is 10.9. The van der Waals surface area contributed by atoms with Crippen molar-refractivity contribution in [2.75, 3.05) is 0 Å². The predicted molar refractivity (Wildman–Crippen MR) is 107 cm³/mol. The molecule has 2 N–H and O–H groups in total. The second-order valence-corrected chi connectivity index (χ2v) is 6.93. The molecule has 0 saturated carbocycles. The number of alkyl halides is 4. The molecule has 3 aromatic carbocycles. The van der Waals surface area contributed by atoms with Crippen molar-refractivity contribution in [2.45, 2.75) is 19.6 Å². The zero-order valence-electron chi connectivity index (χ0n) is 16.4. The molecule has 1 heterocycles. The van der Waals surface area contributed by atoms with Crippen LogP contribution in [0.3, 0.4) is 0 Å². The maximum absolute atomic E-state index is 14.8. The Morgan fingerprint density at radius 1 is 0.939 bits per heavy atom. The number of fused-ring (bicyclic) bond motifs is 2. The Balaban J connectivity index is 2.04. The number of benzene rings is 3. The van der Waals surface area contributed by atoms with Crippen LogP contribution in [0.15, 0.2) is 48.7 Å². The first kappa shape index (κ1) is 22.2. The minimum Gasteiger partial charge on any atom is -0.494 e. The molecule has 0 fully saturated rings. The summed E-state index contributed by atoms with van der Waals surface area (Å²) in [5.74, 6) is -3.83. The zero-order chi connectivity index (χ0) is 23.9. The number of hydrogen-bond donors (Lipinski definition) is 2. The third-order valence-electron chi connectivity index (χ3n) is 4.91. The van der Waals surface area contributed by atoms with Gasteiger partial charge >= 0.3 is 19.2 Å². The van der Waals surface area contributed by atoms with E-state index in [2.05, 4.69) is 9.47 Å². The molecular weight excluding hydrogens is 453 g/mol. The van der Waals surface area contributed by atoms with Crippen LogP contribution in [0.2, 0.25) is 0 Å². The van der Waals surface area contributed by atoms with Crippen LogP contribution < -0.4 is 9.47 Å². The van der Waals surface area contributed by atoms with E-state index in [9.17, 15) is 31.9 Å². The molecule has 1 aromatic heterocycles. The number of hydrogen-bond acceptors (Lipinski definition) is 4. The zero-order valence-corrected chi connectivity index (χ0v) is 16.4. The molecule has 6 nitrogen and oxygen atoms in total. The maximum atomic E-state index is 14.8. The number of carbonyl (C=O) groups is 1. The Morgan fingerprint density at radius 2 is 1.55 bits per heavy atom. The molecule has 0 amide bonds. The molecule has 172 valence electrons. The molecule has 4 rings (SSSR count). The van der Waals surface area contributed by atoms with Gasteiger partial charge < -0.3 is 19.7 Å². The van der Waals surface area contributed by atoms with E-state index >= 15 is 0 Å². The van der Waals surface area contributed by atoms with Crippen LogP contribution in [0.1, 0.15) is 5.56 Å². The normalized spacial score (nSPS) is 11.6. The first-order valence-electron chi connectivity index (χ1n) is 9.36. The highest BCUT2D eigenvalue weighted by Crippen LogP contribution is 2.48. The molecule has 0 bridgehead atoms. The summed E-state index contributed by atoms with van der Waals surface area (Å²) in [6, 6.07) is 8.97. The third kappa shape index (κ3) is 4.09. The van der Waals surface area contributed by atoms with Gasteiger partial charge in [-0.15, -0.1) is 0 Å². The number of ether oxygens (including phenoxy) is 2. The molecule has 0 atom stereocenters. The molecule has 0 radical (unpaired) electrons. The standard InChI is InChI=1S/C22H14F5NO5/c23-14-7-10(8-16(29)30)5-6-15(14)28-9-13-17(20(28)31)19(33-22(26)27)12-4-2-1-3-11(12)18(13)32-21(24)25/h1-7,9,21-22,31H,8H2,(H,29,30). The predicted octanol–water partition coefficient (Wildman–Crippen LogP) is 5.46. The molecule has 0 saturated heterocycles. The van der Waals surface area contributed by atoms with E-state index in [1.165, 1.54) is 30.3 Å². The molecule has 4 aromatic rings. The van der Waals surface area contributed by atoms with Gasteiger partial charge in [0.25, 0.3) is 0 Å². The highest BCUT2D eigenvalue weighted by atomic mass is 19.3. The van der Waals surface area contributed by atoms with Crippen molar-refractivity contribution in [3.05, 3.63) is 60.0 Å². The van der Waals surface area contributed by atoms with E-state index < -0.39 is 54.2 Å². The Morgan fingerprint density at radius 3 is 2.12 bits per heavy atom. The van der Waals surface area contributed by atoms with E-state index in [1.54, 1.807) is 0 Å². The average molecular weight is 467 g/mol. The second kappa shape index (κ2) is 8.49. The monoisotopic (exact) mass is 467 g/mol. The first-order chi connectivity index (χ1) is 15.7. The summed E-state index contributed by atoms with van der Waals surface area (Å²) >= 11 is 0. The number of carboxylic acids is 1. The molecule has 11 heteroatoms. The van der Waals surface area contributed by atoms with Gasteiger partial charge in [0.05, 0.1) is 22.9 Å². The molecule has 0 unspecified atom stereocenters. The van der Waals surface area contributed by atoms with Crippen molar-refractivity contribution in [3.63, 3.8) is 0 Å². The Labute approximate surface area is 182 Å². The topological polar surface area (TPSA) is 80.9 Å². The number of aromatic hydroxyl groups is 1. The molecule has 0 aliphatic rings. The number of rotatable bonds is 7. The van der Waals surface area contributed by atoms with Crippen LogP contribution in [0.5, 0.6) is 17.4 Å². The van der Waals surface area contributed by atoms with Crippen LogP contribution in [-0.4, -0.2) is 34.0 Å². The molecule has 0 aliphatic heterocycles. The first-order valence-corrected chi connectivity index (χ1v) is 9.36. The van der Waals surface area contributed by atoms with E-state index in [-0.39, 0.29) is 27.4 Å². The largest absolute Gasteiger partial charge is 0.494 e. The van der Waals surface area contributed by atoms with Crippen molar-refractivity contribution in [2.24, 2.45) is 0 Å². The van der Waals surface area contributed by atoms with Crippen molar-refractivity contribution in [1.82, 2.24) is 4.57 Å². The summed E-state index contributed by atoms with van der Waals surface area (Å²) < 4.78 is 77.6. The number of halogens is 5. The molecule has 33 heavy (non-hydrogen) atoms. The minimum atomic E-state index is -3.31. The van der Waals surface area contributed by atoms with Crippen molar-refractivity contribution >= 4 is 27.5 Å². The van der Waals surface area contributed by atoms with Crippen molar-refractivity contribution < 1.29 is 46.4 Å². The van der Waals surface area contributed by atoms with E-state index in [1.807, 2.05) is 0 Å². The van der Waals surface area contributed by atoms with E-state index in [0.29, 0.717) is 0 Å². The van der Waals surface area contributed by atoms with Crippen LogP contribution in [-0.2, 0) is 11.2 Å². The molecule has 0 spiro atoms. The van der Waals surface area contributed by atoms with Crippen LogP contribution >= 0.6 is 0 Å². The second-order valence-electron chi connectivity index (χ2n) is 6.93. The van der Waals surface area contributed by atoms with Gasteiger partial charge in [0.1, 0.15) is 17.3 Å². The van der Waals surface area contributed by atoms with Gasteiger partial charge in [-0.1, -0.05) is 30.3 Å². The van der Waals surface area contributed by atoms with Gasteiger partial charge in [-0.25, -0.2) is 4.39 Å². The number of nitrogens with zero attached hydrogens (tertiary/aromatic N) is 1. The van der Waals surface area contributed by atoms with Crippen LogP contribution in [0.25, 0.3) is 27.2 Å². The summed E-state index contributed by atoms with van der Waals surface area (Å²) in [6.45, 7) is -6.59. The summed E-state index contributed by atoms with van der Waals surface area (Å²) in [6.07, 6.45) is 0.587. The Kier molecular flexibility index (Phi) is 5.71. The van der Waals surface area contributed by atoms with Gasteiger partial charge in [0, 0.05) is 17.0 Å². The van der Waals surface area contributed by atoms with E-state index in [4.69, 9.17) is 5.11 Å². The van der Waals surface area contributed by atoms with Crippen LogP contribution in [0.4, 0.5) is 22.0 Å². The fourth-order valence-electron chi connectivity index (χ4n) is 3.69. The maximum Gasteiger partial charge on any atom is 0.387 e. The van der Waals surface area contributed by atoms with Crippen LogP contribution in [0, 0.1) is 5.82 Å². The van der Waals surface area contributed by atoms with Gasteiger partial charge in [-0.3, -0.25) is 9.36 Å². The van der Waals surface area contributed by atoms with E-state index in [0.717, 1.165) is 22.9 Å². The minimum absolute atomic E-state index is 0.00961. The lowest BCUT2D eigenvalue weighted by molar-refractivity contribution is -0.136. The Hall–Kier alpha value is -4.02. The highest BCUT2D eigenvalue weighted by Gasteiger charge is 2.26. The van der Waals surface area contributed by atoms with Gasteiger partial charge in [-0.2, -0.15) is 17.6 Å². The fourth-order valence-corrected chi connectivity index (χ4v) is 3.69. The van der Waals surface area contributed by atoms with Gasteiger partial charge in [-0.05, 0) is 17.7 Å².